The van der Waals surface area contributed by atoms with Gasteiger partial charge in [-0.15, -0.1) is 0 Å². The molecule has 0 saturated carbocycles. The molecule has 2 fully saturated rings. The summed E-state index contributed by atoms with van der Waals surface area (Å²) in [6.07, 6.45) is 2.05. The summed E-state index contributed by atoms with van der Waals surface area (Å²) in [6, 6.07) is 10.5. The van der Waals surface area contributed by atoms with Crippen molar-refractivity contribution in [2.75, 3.05) is 31.5 Å². The van der Waals surface area contributed by atoms with Crippen molar-refractivity contribution in [3.63, 3.8) is 0 Å². The fraction of sp³-hybridized carbons (Fsp3) is 0.636. The molecule has 1 aromatic carbocycles. The average Bonchev–Trinajstić information content (AvgIpc) is 3.01. The largest absolute Gasteiger partial charge is 0.444 e. The van der Waals surface area contributed by atoms with E-state index in [1.54, 1.807) is 4.90 Å². The molecule has 2 amide bonds. The van der Waals surface area contributed by atoms with Crippen molar-refractivity contribution in [2.45, 2.75) is 51.0 Å². The van der Waals surface area contributed by atoms with Gasteiger partial charge >= 0.3 is 6.09 Å². The Morgan fingerprint density at radius 2 is 1.86 bits per heavy atom. The molecule has 2 aliphatic rings. The standard InChI is InChI=1S/C22H31BrN2O3/c1-21(2,3)28-20(27)24-11-9-22(10-12-24,18-7-5-4-6-8-18)16-25-15-17(14-23)13-19(25)26/h4-8,17H,9-16H2,1-3H3. The molecule has 0 aliphatic carbocycles. The number of nitrogens with zero attached hydrogens (tertiary/aromatic N) is 2. The fourth-order valence-corrected chi connectivity index (χ4v) is 4.68. The van der Waals surface area contributed by atoms with Gasteiger partial charge in [-0.2, -0.15) is 0 Å². The molecule has 5 nitrogen and oxygen atoms in total. The number of hydrogen-bond acceptors (Lipinski definition) is 3. The van der Waals surface area contributed by atoms with E-state index in [1.165, 1.54) is 5.56 Å². The van der Waals surface area contributed by atoms with Crippen LogP contribution in [-0.2, 0) is 14.9 Å². The number of ether oxygens (including phenoxy) is 1. The maximum Gasteiger partial charge on any atom is 0.410 e. The number of alkyl halides is 1. The summed E-state index contributed by atoms with van der Waals surface area (Å²) in [5.41, 5.74) is 0.655. The van der Waals surface area contributed by atoms with E-state index >= 15 is 0 Å². The van der Waals surface area contributed by atoms with Crippen LogP contribution in [0.15, 0.2) is 30.3 Å². The van der Waals surface area contributed by atoms with Crippen LogP contribution in [0.25, 0.3) is 0 Å². The minimum atomic E-state index is -0.488. The minimum Gasteiger partial charge on any atom is -0.444 e. The molecule has 6 heteroatoms. The Hall–Kier alpha value is -1.56. The van der Waals surface area contributed by atoms with Gasteiger partial charge in [-0.25, -0.2) is 4.79 Å². The Morgan fingerprint density at radius 3 is 2.39 bits per heavy atom. The van der Waals surface area contributed by atoms with Crippen LogP contribution in [-0.4, -0.2) is 58.9 Å². The summed E-state index contributed by atoms with van der Waals surface area (Å²) >= 11 is 3.53. The van der Waals surface area contributed by atoms with E-state index in [0.717, 1.165) is 31.3 Å². The third-order valence-electron chi connectivity index (χ3n) is 5.76. The van der Waals surface area contributed by atoms with E-state index in [2.05, 4.69) is 40.2 Å². The number of halogens is 1. The highest BCUT2D eigenvalue weighted by Gasteiger charge is 2.42. The maximum absolute atomic E-state index is 12.5. The SMILES string of the molecule is CC(C)(C)OC(=O)N1CCC(CN2CC(CBr)CC2=O)(c2ccccc2)CC1. The van der Waals surface area contributed by atoms with Crippen molar-refractivity contribution in [2.24, 2.45) is 5.92 Å². The van der Waals surface area contributed by atoms with Gasteiger partial charge in [-0.3, -0.25) is 4.79 Å². The van der Waals surface area contributed by atoms with Crippen LogP contribution >= 0.6 is 15.9 Å². The van der Waals surface area contributed by atoms with E-state index in [9.17, 15) is 9.59 Å². The smallest absolute Gasteiger partial charge is 0.410 e. The lowest BCUT2D eigenvalue weighted by molar-refractivity contribution is -0.128. The van der Waals surface area contributed by atoms with Gasteiger partial charge in [0, 0.05) is 43.3 Å². The van der Waals surface area contributed by atoms with Gasteiger partial charge in [0.25, 0.3) is 0 Å². The lowest BCUT2D eigenvalue weighted by atomic mass is 9.72. The Labute approximate surface area is 176 Å². The van der Waals surface area contributed by atoms with Crippen LogP contribution in [0.3, 0.4) is 0 Å². The lowest BCUT2D eigenvalue weighted by Gasteiger charge is -2.44. The van der Waals surface area contributed by atoms with Crippen molar-refractivity contribution in [1.29, 1.82) is 0 Å². The molecule has 1 aromatic rings. The third kappa shape index (κ3) is 4.88. The predicted molar refractivity (Wildman–Crippen MR) is 114 cm³/mol. The predicted octanol–water partition coefficient (Wildman–Crippen LogP) is 4.20. The number of hydrogen-bond donors (Lipinski definition) is 0. The molecule has 1 atom stereocenters. The number of likely N-dealkylation sites (tertiary alicyclic amines) is 2. The summed E-state index contributed by atoms with van der Waals surface area (Å²) in [6.45, 7) is 8.50. The molecule has 0 bridgehead atoms. The Morgan fingerprint density at radius 1 is 1.21 bits per heavy atom. The molecule has 28 heavy (non-hydrogen) atoms. The molecule has 0 N–H and O–H groups in total. The number of rotatable bonds is 4. The first-order valence-corrected chi connectivity index (χ1v) is 11.2. The van der Waals surface area contributed by atoms with Gasteiger partial charge in [0.1, 0.15) is 5.60 Å². The van der Waals surface area contributed by atoms with Crippen molar-refractivity contribution in [1.82, 2.24) is 9.80 Å². The molecule has 154 valence electrons. The second-order valence-corrected chi connectivity index (χ2v) is 9.76. The zero-order valence-electron chi connectivity index (χ0n) is 17.1. The van der Waals surface area contributed by atoms with E-state index < -0.39 is 5.60 Å². The number of amides is 2. The van der Waals surface area contributed by atoms with Crippen LogP contribution in [0.5, 0.6) is 0 Å². The average molecular weight is 451 g/mol. The molecule has 2 aliphatic heterocycles. The van der Waals surface area contributed by atoms with E-state index in [-0.39, 0.29) is 17.4 Å². The van der Waals surface area contributed by atoms with Gasteiger partial charge in [-0.05, 0) is 45.1 Å². The molecular formula is C22H31BrN2O3. The van der Waals surface area contributed by atoms with Crippen LogP contribution in [0.4, 0.5) is 4.79 Å². The summed E-state index contributed by atoms with van der Waals surface area (Å²) < 4.78 is 5.55. The highest BCUT2D eigenvalue weighted by Crippen LogP contribution is 2.38. The highest BCUT2D eigenvalue weighted by atomic mass is 79.9. The Bertz CT molecular complexity index is 693. The van der Waals surface area contributed by atoms with E-state index in [1.807, 2.05) is 31.7 Å². The van der Waals surface area contributed by atoms with E-state index in [4.69, 9.17) is 4.74 Å². The number of piperidine rings is 1. The van der Waals surface area contributed by atoms with Gasteiger partial charge in [0.2, 0.25) is 5.91 Å². The van der Waals surface area contributed by atoms with Crippen LogP contribution in [0, 0.1) is 5.92 Å². The van der Waals surface area contributed by atoms with Gasteiger partial charge in [-0.1, -0.05) is 46.3 Å². The number of carbonyl (C=O) groups excluding carboxylic acids is 2. The topological polar surface area (TPSA) is 49.9 Å². The second kappa shape index (κ2) is 8.44. The van der Waals surface area contributed by atoms with Crippen molar-refractivity contribution in [3.05, 3.63) is 35.9 Å². The van der Waals surface area contributed by atoms with Crippen molar-refractivity contribution < 1.29 is 14.3 Å². The first-order valence-electron chi connectivity index (χ1n) is 10.1. The minimum absolute atomic E-state index is 0.114. The third-order valence-corrected chi connectivity index (χ3v) is 6.68. The second-order valence-electron chi connectivity index (χ2n) is 9.11. The first-order chi connectivity index (χ1) is 13.2. The molecule has 3 rings (SSSR count). The molecule has 2 heterocycles. The zero-order chi connectivity index (χ0) is 20.4. The first kappa shape index (κ1) is 21.2. The number of benzene rings is 1. The van der Waals surface area contributed by atoms with Gasteiger partial charge in [0.05, 0.1) is 0 Å². The molecule has 0 aromatic heterocycles. The summed E-state index contributed by atoms with van der Waals surface area (Å²) in [7, 11) is 0. The fourth-order valence-electron chi connectivity index (χ4n) is 4.25. The van der Waals surface area contributed by atoms with Crippen molar-refractivity contribution in [3.8, 4) is 0 Å². The summed E-state index contributed by atoms with van der Waals surface area (Å²) in [5.74, 6) is 0.636. The van der Waals surface area contributed by atoms with Crippen LogP contribution < -0.4 is 0 Å². The molecule has 1 unspecified atom stereocenters. The Kier molecular flexibility index (Phi) is 6.37. The normalized spacial score (nSPS) is 22.4. The lowest BCUT2D eigenvalue weighted by Crippen LogP contribution is -2.51. The molecule has 0 radical (unpaired) electrons. The molecular weight excluding hydrogens is 420 g/mol. The zero-order valence-corrected chi connectivity index (χ0v) is 18.7. The van der Waals surface area contributed by atoms with E-state index in [0.29, 0.717) is 25.4 Å². The summed E-state index contributed by atoms with van der Waals surface area (Å²) in [5, 5.41) is 0.861. The molecule has 0 spiro atoms. The summed E-state index contributed by atoms with van der Waals surface area (Å²) in [4.78, 5) is 28.8. The highest BCUT2D eigenvalue weighted by molar-refractivity contribution is 9.09. The quantitative estimate of drug-likeness (QED) is 0.645. The monoisotopic (exact) mass is 450 g/mol. The Balaban J connectivity index is 1.75. The van der Waals surface area contributed by atoms with Gasteiger partial charge in [0.15, 0.2) is 0 Å². The molecule has 2 saturated heterocycles. The van der Waals surface area contributed by atoms with Crippen molar-refractivity contribution >= 4 is 27.9 Å². The number of carbonyl (C=O) groups is 2. The van der Waals surface area contributed by atoms with Crippen LogP contribution in [0.2, 0.25) is 0 Å². The van der Waals surface area contributed by atoms with Gasteiger partial charge < -0.3 is 14.5 Å². The maximum atomic E-state index is 12.5. The van der Waals surface area contributed by atoms with Crippen LogP contribution in [0.1, 0.15) is 45.6 Å².